The highest BCUT2D eigenvalue weighted by Crippen LogP contribution is 2.17. The van der Waals surface area contributed by atoms with Crippen LogP contribution in [0.25, 0.3) is 0 Å². The quantitative estimate of drug-likeness (QED) is 0.794. The van der Waals surface area contributed by atoms with Gasteiger partial charge in [0.25, 0.3) is 0 Å². The zero-order chi connectivity index (χ0) is 12.1. The molecule has 0 aliphatic heterocycles. The maximum atomic E-state index is 13.3. The van der Waals surface area contributed by atoms with E-state index in [4.69, 9.17) is 0 Å². The number of nitrogens with one attached hydrogen (secondary N) is 1. The molecule has 0 saturated heterocycles. The van der Waals surface area contributed by atoms with Gasteiger partial charge >= 0.3 is 0 Å². The molecule has 0 aliphatic rings. The highest BCUT2D eigenvalue weighted by molar-refractivity contribution is 5.45. The van der Waals surface area contributed by atoms with Crippen molar-refractivity contribution in [2.45, 2.75) is 39.7 Å². The lowest BCUT2D eigenvalue weighted by Gasteiger charge is -2.16. The lowest BCUT2D eigenvalue weighted by atomic mass is 10.0. The SMILES string of the molecule is CC(C)CCC(C)Nc1ccc(F)cc1F. The van der Waals surface area contributed by atoms with Crippen molar-refractivity contribution in [1.82, 2.24) is 0 Å². The Kier molecular flexibility index (Phi) is 4.71. The average Bonchev–Trinajstić information content (AvgIpc) is 2.19. The van der Waals surface area contributed by atoms with E-state index in [0.29, 0.717) is 11.6 Å². The monoisotopic (exact) mass is 227 g/mol. The van der Waals surface area contributed by atoms with Crippen LogP contribution in [0, 0.1) is 17.6 Å². The Morgan fingerprint density at radius 3 is 2.38 bits per heavy atom. The molecule has 0 spiro atoms. The molecule has 0 radical (unpaired) electrons. The summed E-state index contributed by atoms with van der Waals surface area (Å²) < 4.78 is 26.0. The molecule has 1 aromatic rings. The molecule has 0 saturated carbocycles. The fourth-order valence-electron chi connectivity index (χ4n) is 1.53. The molecule has 1 unspecified atom stereocenters. The number of anilines is 1. The minimum atomic E-state index is -0.544. The summed E-state index contributed by atoms with van der Waals surface area (Å²) in [5.41, 5.74) is 0.373. The molecule has 1 aromatic carbocycles. The first-order valence-electron chi connectivity index (χ1n) is 5.70. The zero-order valence-corrected chi connectivity index (χ0v) is 10.1. The van der Waals surface area contributed by atoms with Gasteiger partial charge in [-0.15, -0.1) is 0 Å². The maximum absolute atomic E-state index is 13.3. The summed E-state index contributed by atoms with van der Waals surface area (Å²) in [7, 11) is 0. The topological polar surface area (TPSA) is 12.0 Å². The van der Waals surface area contributed by atoms with Gasteiger partial charge in [-0.3, -0.25) is 0 Å². The van der Waals surface area contributed by atoms with Crippen LogP contribution in [0.1, 0.15) is 33.6 Å². The minimum Gasteiger partial charge on any atom is -0.380 e. The van der Waals surface area contributed by atoms with Crippen molar-refractivity contribution in [3.63, 3.8) is 0 Å². The van der Waals surface area contributed by atoms with E-state index in [1.807, 2.05) is 6.92 Å². The van der Waals surface area contributed by atoms with Crippen LogP contribution >= 0.6 is 0 Å². The summed E-state index contributed by atoms with van der Waals surface area (Å²) in [5.74, 6) is -0.434. The fraction of sp³-hybridized carbons (Fsp3) is 0.538. The molecule has 1 nitrogen and oxygen atoms in total. The van der Waals surface area contributed by atoms with Crippen molar-refractivity contribution in [2.75, 3.05) is 5.32 Å². The summed E-state index contributed by atoms with van der Waals surface area (Å²) in [4.78, 5) is 0. The summed E-state index contributed by atoms with van der Waals surface area (Å²) in [6.45, 7) is 6.32. The van der Waals surface area contributed by atoms with E-state index in [0.717, 1.165) is 18.9 Å². The molecule has 1 rings (SSSR count). The predicted octanol–water partition coefficient (Wildman–Crippen LogP) is 4.20. The highest BCUT2D eigenvalue weighted by atomic mass is 19.1. The second-order valence-electron chi connectivity index (χ2n) is 4.64. The smallest absolute Gasteiger partial charge is 0.149 e. The Morgan fingerprint density at radius 1 is 1.12 bits per heavy atom. The third-order valence-electron chi connectivity index (χ3n) is 2.51. The lowest BCUT2D eigenvalue weighted by Crippen LogP contribution is -2.16. The third-order valence-corrected chi connectivity index (χ3v) is 2.51. The molecular weight excluding hydrogens is 208 g/mol. The average molecular weight is 227 g/mol. The van der Waals surface area contributed by atoms with E-state index >= 15 is 0 Å². The van der Waals surface area contributed by atoms with Crippen molar-refractivity contribution < 1.29 is 8.78 Å². The lowest BCUT2D eigenvalue weighted by molar-refractivity contribution is 0.524. The molecule has 1 N–H and O–H groups in total. The minimum absolute atomic E-state index is 0.197. The molecule has 1 atom stereocenters. The van der Waals surface area contributed by atoms with Gasteiger partial charge in [0.05, 0.1) is 5.69 Å². The van der Waals surface area contributed by atoms with Gasteiger partial charge in [-0.25, -0.2) is 8.78 Å². The number of benzene rings is 1. The van der Waals surface area contributed by atoms with Crippen LogP contribution in [0.5, 0.6) is 0 Å². The van der Waals surface area contributed by atoms with Crippen molar-refractivity contribution >= 4 is 5.69 Å². The molecule has 90 valence electrons. The van der Waals surface area contributed by atoms with Crippen molar-refractivity contribution in [1.29, 1.82) is 0 Å². The van der Waals surface area contributed by atoms with Gasteiger partial charge in [0.2, 0.25) is 0 Å². The van der Waals surface area contributed by atoms with E-state index < -0.39 is 11.6 Å². The summed E-state index contributed by atoms with van der Waals surface area (Å²) >= 11 is 0. The van der Waals surface area contributed by atoms with E-state index in [1.165, 1.54) is 12.1 Å². The van der Waals surface area contributed by atoms with E-state index in [9.17, 15) is 8.78 Å². The van der Waals surface area contributed by atoms with Crippen LogP contribution in [0.3, 0.4) is 0 Å². The Labute approximate surface area is 95.9 Å². The van der Waals surface area contributed by atoms with Crippen LogP contribution in [0.2, 0.25) is 0 Å². The van der Waals surface area contributed by atoms with Gasteiger partial charge < -0.3 is 5.32 Å². The second kappa shape index (κ2) is 5.83. The van der Waals surface area contributed by atoms with Crippen molar-refractivity contribution in [3.05, 3.63) is 29.8 Å². The van der Waals surface area contributed by atoms with Gasteiger partial charge in [-0.2, -0.15) is 0 Å². The van der Waals surface area contributed by atoms with Crippen molar-refractivity contribution in [3.8, 4) is 0 Å². The molecule has 0 bridgehead atoms. The normalized spacial score (nSPS) is 12.9. The summed E-state index contributed by atoms with van der Waals surface area (Å²) in [5, 5.41) is 3.05. The zero-order valence-electron chi connectivity index (χ0n) is 10.1. The molecule has 0 amide bonds. The van der Waals surface area contributed by atoms with E-state index in [1.54, 1.807) is 0 Å². The van der Waals surface area contributed by atoms with Gasteiger partial charge in [0.1, 0.15) is 11.6 Å². The van der Waals surface area contributed by atoms with Crippen LogP contribution in [0.4, 0.5) is 14.5 Å². The van der Waals surface area contributed by atoms with Crippen LogP contribution in [-0.4, -0.2) is 6.04 Å². The number of halogens is 2. The van der Waals surface area contributed by atoms with Gasteiger partial charge in [-0.1, -0.05) is 13.8 Å². The molecule has 3 heteroatoms. The standard InChI is InChI=1S/C13H19F2N/c1-9(2)4-5-10(3)16-13-7-6-11(14)8-12(13)15/h6-10,16H,4-5H2,1-3H3. The van der Waals surface area contributed by atoms with Crippen molar-refractivity contribution in [2.24, 2.45) is 5.92 Å². The van der Waals surface area contributed by atoms with Crippen LogP contribution in [-0.2, 0) is 0 Å². The molecule has 0 aliphatic carbocycles. The maximum Gasteiger partial charge on any atom is 0.149 e. The third kappa shape index (κ3) is 4.17. The summed E-state index contributed by atoms with van der Waals surface area (Å²) in [6.07, 6.45) is 2.07. The Bertz CT molecular complexity index is 337. The first-order chi connectivity index (χ1) is 7.49. The Balaban J connectivity index is 2.52. The summed E-state index contributed by atoms with van der Waals surface area (Å²) in [6, 6.07) is 3.80. The molecule has 0 aromatic heterocycles. The highest BCUT2D eigenvalue weighted by Gasteiger charge is 2.07. The Hall–Kier alpha value is -1.12. The molecule has 0 heterocycles. The number of rotatable bonds is 5. The van der Waals surface area contributed by atoms with Gasteiger partial charge in [-0.05, 0) is 37.8 Å². The fourth-order valence-corrected chi connectivity index (χ4v) is 1.53. The largest absolute Gasteiger partial charge is 0.380 e. The van der Waals surface area contributed by atoms with Crippen LogP contribution in [0.15, 0.2) is 18.2 Å². The number of hydrogen-bond acceptors (Lipinski definition) is 1. The molecule has 16 heavy (non-hydrogen) atoms. The van der Waals surface area contributed by atoms with Crippen LogP contribution < -0.4 is 5.32 Å². The van der Waals surface area contributed by atoms with E-state index in [-0.39, 0.29) is 6.04 Å². The van der Waals surface area contributed by atoms with Gasteiger partial charge in [0.15, 0.2) is 0 Å². The Morgan fingerprint density at radius 2 is 1.81 bits per heavy atom. The molecule has 0 fully saturated rings. The second-order valence-corrected chi connectivity index (χ2v) is 4.64. The van der Waals surface area contributed by atoms with Gasteiger partial charge in [0, 0.05) is 12.1 Å². The predicted molar refractivity (Wildman–Crippen MR) is 63.5 cm³/mol. The molecular formula is C13H19F2N. The number of hydrogen-bond donors (Lipinski definition) is 1. The first-order valence-corrected chi connectivity index (χ1v) is 5.70. The first kappa shape index (κ1) is 12.9. The van der Waals surface area contributed by atoms with E-state index in [2.05, 4.69) is 19.2 Å².